The molecule has 5 rings (SSSR count). The van der Waals surface area contributed by atoms with E-state index < -0.39 is 0 Å². The number of hydrogen-bond donors (Lipinski definition) is 0. The predicted molar refractivity (Wildman–Crippen MR) is 110 cm³/mol. The van der Waals surface area contributed by atoms with Gasteiger partial charge in [0.25, 0.3) is 0 Å². The number of carbonyl (C=O) groups excluding carboxylic acids is 1. The number of rotatable bonds is 3. The highest BCUT2D eigenvalue weighted by atomic mass is 35.5. The molecule has 2 saturated heterocycles. The van der Waals surface area contributed by atoms with Crippen molar-refractivity contribution >= 4 is 29.3 Å². The van der Waals surface area contributed by atoms with Crippen molar-refractivity contribution in [1.82, 2.24) is 15.0 Å². The van der Waals surface area contributed by atoms with E-state index >= 15 is 0 Å². The number of amides is 1. The Kier molecular flexibility index (Phi) is 5.13. The average molecular weight is 398 g/mol. The molecule has 3 aromatic rings. The fraction of sp³-hybridized carbons (Fsp3) is 0.364. The summed E-state index contributed by atoms with van der Waals surface area (Å²) in [5.41, 5.74) is 2.83. The van der Waals surface area contributed by atoms with Crippen molar-refractivity contribution in [2.24, 2.45) is 11.8 Å². The van der Waals surface area contributed by atoms with E-state index in [-0.39, 0.29) is 18.3 Å². The summed E-state index contributed by atoms with van der Waals surface area (Å²) in [7, 11) is 2.20. The van der Waals surface area contributed by atoms with Crippen LogP contribution in [0.1, 0.15) is 17.3 Å². The Bertz CT molecular complexity index is 974. The fourth-order valence-corrected chi connectivity index (χ4v) is 4.93. The second-order valence-electron chi connectivity index (χ2n) is 7.82. The summed E-state index contributed by atoms with van der Waals surface area (Å²) in [5, 5.41) is 5.06. The number of benzene rings is 2. The molecule has 0 radical (unpaired) electrons. The summed E-state index contributed by atoms with van der Waals surface area (Å²) in [6.07, 6.45) is 0.308. The van der Waals surface area contributed by atoms with Crippen LogP contribution in [0.3, 0.4) is 0 Å². The zero-order chi connectivity index (χ0) is 18.4. The highest BCUT2D eigenvalue weighted by Gasteiger charge is 2.47. The lowest BCUT2D eigenvalue weighted by atomic mass is 9.90. The summed E-state index contributed by atoms with van der Waals surface area (Å²) in [4.78, 5) is 17.4. The molecule has 0 bridgehead atoms. The molecule has 5 nitrogen and oxygen atoms in total. The van der Waals surface area contributed by atoms with Gasteiger partial charge < -0.3 is 9.42 Å². The number of hydrogen-bond acceptors (Lipinski definition) is 4. The zero-order valence-electron chi connectivity index (χ0n) is 15.8. The Morgan fingerprint density at radius 3 is 2.64 bits per heavy atom. The molecule has 146 valence electrons. The third-order valence-electron chi connectivity index (χ3n) is 6.16. The van der Waals surface area contributed by atoms with Gasteiger partial charge in [0.2, 0.25) is 5.91 Å². The molecule has 3 heterocycles. The van der Waals surface area contributed by atoms with Crippen LogP contribution in [0, 0.1) is 11.8 Å². The third kappa shape index (κ3) is 3.19. The number of fused-ring (bicyclic) bond motifs is 2. The first-order chi connectivity index (χ1) is 13.2. The maximum absolute atomic E-state index is 12.9. The van der Waals surface area contributed by atoms with Crippen LogP contribution < -0.4 is 0 Å². The van der Waals surface area contributed by atoms with Crippen LogP contribution >= 0.6 is 12.4 Å². The molecule has 28 heavy (non-hydrogen) atoms. The molecule has 0 N–H and O–H groups in total. The van der Waals surface area contributed by atoms with Crippen LogP contribution in [0.5, 0.6) is 0 Å². The molecule has 0 aliphatic carbocycles. The summed E-state index contributed by atoms with van der Waals surface area (Å²) in [5.74, 6) is 1.19. The zero-order valence-corrected chi connectivity index (χ0v) is 16.6. The van der Waals surface area contributed by atoms with Gasteiger partial charge in [0.15, 0.2) is 5.58 Å². The first kappa shape index (κ1) is 19.0. The second kappa shape index (κ2) is 7.57. The van der Waals surface area contributed by atoms with Crippen molar-refractivity contribution in [3.63, 3.8) is 0 Å². The highest BCUT2D eigenvalue weighted by Crippen LogP contribution is 2.44. The number of carbonyl (C=O) groups is 1. The molecular formula is C22H24ClN3O2. The van der Waals surface area contributed by atoms with Gasteiger partial charge in [-0.05, 0) is 30.7 Å². The predicted octanol–water partition coefficient (Wildman–Crippen LogP) is 3.55. The van der Waals surface area contributed by atoms with Gasteiger partial charge in [-0.1, -0.05) is 47.6 Å². The van der Waals surface area contributed by atoms with Gasteiger partial charge in [-0.2, -0.15) is 0 Å². The molecule has 1 amide bonds. The lowest BCUT2D eigenvalue weighted by molar-refractivity contribution is -0.129. The smallest absolute Gasteiger partial charge is 0.228 e. The molecule has 2 aliphatic rings. The molecule has 2 fully saturated rings. The highest BCUT2D eigenvalue weighted by molar-refractivity contribution is 5.86. The van der Waals surface area contributed by atoms with Gasteiger partial charge in [-0.15, -0.1) is 12.4 Å². The van der Waals surface area contributed by atoms with Gasteiger partial charge in [-0.25, -0.2) is 0 Å². The standard InChI is InChI=1S/C22H23N3O2.ClH/c1-24-12-16-13-25(14-18(16)22(24)15-7-3-2-4-8-15)21(26)11-19-17-9-5-6-10-20(17)27-23-19;/h2-10,16,18,22H,11-14H2,1H3;1H/t16-,18+,22-;/m0./s1. The molecule has 0 unspecified atom stereocenters. The maximum atomic E-state index is 12.9. The normalized spacial score (nSPS) is 24.3. The Labute approximate surface area is 170 Å². The minimum absolute atomic E-state index is 0. The van der Waals surface area contributed by atoms with E-state index in [1.54, 1.807) is 0 Å². The van der Waals surface area contributed by atoms with Crippen molar-refractivity contribution in [3.05, 3.63) is 65.9 Å². The van der Waals surface area contributed by atoms with Gasteiger partial charge in [0.1, 0.15) is 5.69 Å². The number of halogens is 1. The Balaban J connectivity index is 0.00000192. The Morgan fingerprint density at radius 1 is 1.07 bits per heavy atom. The molecule has 1 aromatic heterocycles. The van der Waals surface area contributed by atoms with E-state index in [2.05, 4.69) is 47.4 Å². The van der Waals surface area contributed by atoms with E-state index in [1.165, 1.54) is 5.56 Å². The fourth-order valence-electron chi connectivity index (χ4n) is 4.93. The monoisotopic (exact) mass is 397 g/mol. The van der Waals surface area contributed by atoms with Gasteiger partial charge in [0.05, 0.1) is 6.42 Å². The molecule has 6 heteroatoms. The Morgan fingerprint density at radius 2 is 1.82 bits per heavy atom. The first-order valence-corrected chi connectivity index (χ1v) is 9.57. The summed E-state index contributed by atoms with van der Waals surface area (Å²) in [6, 6.07) is 18.8. The molecule has 0 spiro atoms. The number of para-hydroxylation sites is 1. The van der Waals surface area contributed by atoms with Crippen LogP contribution in [0.25, 0.3) is 11.0 Å². The maximum Gasteiger partial charge on any atom is 0.228 e. The van der Waals surface area contributed by atoms with Crippen LogP contribution in [0.2, 0.25) is 0 Å². The molecule has 0 saturated carbocycles. The van der Waals surface area contributed by atoms with E-state index in [0.29, 0.717) is 24.3 Å². The molecular weight excluding hydrogens is 374 g/mol. The van der Waals surface area contributed by atoms with Crippen molar-refractivity contribution in [2.45, 2.75) is 12.5 Å². The van der Waals surface area contributed by atoms with E-state index in [4.69, 9.17) is 4.52 Å². The SMILES string of the molecule is CN1C[C@H]2CN(C(=O)Cc3noc4ccccc34)C[C@H]2[C@@H]1c1ccccc1.Cl. The molecule has 2 aromatic carbocycles. The van der Waals surface area contributed by atoms with Crippen molar-refractivity contribution < 1.29 is 9.32 Å². The third-order valence-corrected chi connectivity index (χ3v) is 6.16. The van der Waals surface area contributed by atoms with Crippen molar-refractivity contribution in [2.75, 3.05) is 26.7 Å². The Hall–Kier alpha value is -2.37. The van der Waals surface area contributed by atoms with Crippen LogP contribution in [0.4, 0.5) is 0 Å². The van der Waals surface area contributed by atoms with Crippen LogP contribution in [0.15, 0.2) is 59.1 Å². The first-order valence-electron chi connectivity index (χ1n) is 9.57. The van der Waals surface area contributed by atoms with E-state index in [9.17, 15) is 4.79 Å². The van der Waals surface area contributed by atoms with Crippen molar-refractivity contribution in [1.29, 1.82) is 0 Å². The minimum Gasteiger partial charge on any atom is -0.356 e. The van der Waals surface area contributed by atoms with Crippen LogP contribution in [-0.4, -0.2) is 47.5 Å². The second-order valence-corrected chi connectivity index (χ2v) is 7.82. The van der Waals surface area contributed by atoms with Crippen LogP contribution in [-0.2, 0) is 11.2 Å². The lowest BCUT2D eigenvalue weighted by Crippen LogP contribution is -2.34. The average Bonchev–Trinajstić information content (AvgIpc) is 3.35. The number of likely N-dealkylation sites (tertiary alicyclic amines) is 2. The molecule has 3 atom stereocenters. The van der Waals surface area contributed by atoms with E-state index in [0.717, 1.165) is 36.3 Å². The van der Waals surface area contributed by atoms with Gasteiger partial charge in [-0.3, -0.25) is 9.69 Å². The largest absolute Gasteiger partial charge is 0.356 e. The quantitative estimate of drug-likeness (QED) is 0.678. The van der Waals surface area contributed by atoms with E-state index in [1.807, 2.05) is 29.2 Å². The summed E-state index contributed by atoms with van der Waals surface area (Å²) < 4.78 is 5.35. The van der Waals surface area contributed by atoms with Crippen molar-refractivity contribution in [3.8, 4) is 0 Å². The molecule has 2 aliphatic heterocycles. The van der Waals surface area contributed by atoms with Gasteiger partial charge in [0, 0.05) is 37.0 Å². The summed E-state index contributed by atoms with van der Waals surface area (Å²) in [6.45, 7) is 2.71. The number of nitrogens with zero attached hydrogens (tertiary/aromatic N) is 3. The topological polar surface area (TPSA) is 49.6 Å². The lowest BCUT2D eigenvalue weighted by Gasteiger charge is -2.26. The van der Waals surface area contributed by atoms with Gasteiger partial charge >= 0.3 is 0 Å². The number of aromatic nitrogens is 1. The minimum atomic E-state index is 0. The summed E-state index contributed by atoms with van der Waals surface area (Å²) >= 11 is 0.